The van der Waals surface area contributed by atoms with Gasteiger partial charge < -0.3 is 25.4 Å². The fraction of sp³-hybridized carbons (Fsp3) is 0.440. The van der Waals surface area contributed by atoms with Crippen LogP contribution in [0.5, 0.6) is 0 Å². The second-order valence-corrected chi connectivity index (χ2v) is 8.78. The molecule has 38 heavy (non-hydrogen) atoms. The number of rotatable bonds is 8. The van der Waals surface area contributed by atoms with E-state index in [9.17, 15) is 35.9 Å². The number of likely N-dealkylation sites (N-methyl/N-ethyl adjacent to an activating group) is 1. The summed E-state index contributed by atoms with van der Waals surface area (Å²) in [7, 11) is 1.22. The zero-order chi connectivity index (χ0) is 28.4. The molecule has 2 aromatic carbocycles. The fourth-order valence-corrected chi connectivity index (χ4v) is 4.41. The number of alkyl halides is 6. The van der Waals surface area contributed by atoms with Gasteiger partial charge in [-0.05, 0) is 49.2 Å². The molecule has 3 rings (SSSR count). The van der Waals surface area contributed by atoms with Crippen molar-refractivity contribution in [2.24, 2.45) is 5.73 Å². The lowest BCUT2D eigenvalue weighted by molar-refractivity contribution is -0.166. The van der Waals surface area contributed by atoms with Crippen LogP contribution >= 0.6 is 0 Å². The molecule has 4 atom stereocenters. The third-order valence-electron chi connectivity index (χ3n) is 6.03. The molecule has 1 aliphatic heterocycles. The quantitative estimate of drug-likeness (QED) is 0.377. The molecule has 0 bridgehead atoms. The van der Waals surface area contributed by atoms with Gasteiger partial charge in [0.05, 0.1) is 29.7 Å². The molecule has 0 spiro atoms. The van der Waals surface area contributed by atoms with Gasteiger partial charge in [-0.25, -0.2) is 0 Å². The van der Waals surface area contributed by atoms with Gasteiger partial charge in [-0.1, -0.05) is 18.2 Å². The standard InChI is InChI=1S/C25H27F6N3O4/c1-13(38-14(2)37-9-8-32)33-22(35)20-18-6-4-5-7-19(18)23(36)34(3)21(20)15-10-16(24(26,27)28)12-17(11-15)25(29,30)31/h4-7,10-14,20-21H,8-9,32H2,1-3H3,(H,33,35). The maximum absolute atomic E-state index is 13.6. The van der Waals surface area contributed by atoms with Crippen LogP contribution in [-0.2, 0) is 26.6 Å². The first-order valence-electron chi connectivity index (χ1n) is 11.6. The number of nitrogens with one attached hydrogen (secondary N) is 1. The van der Waals surface area contributed by atoms with Crippen LogP contribution < -0.4 is 11.1 Å². The smallest absolute Gasteiger partial charge is 0.352 e. The number of nitrogens with two attached hydrogens (primary N) is 1. The Morgan fingerprint density at radius 1 is 1.05 bits per heavy atom. The average Bonchev–Trinajstić information content (AvgIpc) is 2.83. The molecule has 0 fully saturated rings. The first-order chi connectivity index (χ1) is 17.6. The largest absolute Gasteiger partial charge is 0.416 e. The minimum absolute atomic E-state index is 0.00415. The van der Waals surface area contributed by atoms with E-state index in [0.29, 0.717) is 12.1 Å². The van der Waals surface area contributed by atoms with Crippen LogP contribution in [0, 0.1) is 0 Å². The number of nitrogens with zero attached hydrogens (tertiary/aromatic N) is 1. The monoisotopic (exact) mass is 547 g/mol. The van der Waals surface area contributed by atoms with Crippen molar-refractivity contribution < 1.29 is 45.4 Å². The number of carbonyl (C=O) groups excluding carboxylic acids is 2. The zero-order valence-corrected chi connectivity index (χ0v) is 20.7. The van der Waals surface area contributed by atoms with E-state index in [1.165, 1.54) is 38.2 Å². The van der Waals surface area contributed by atoms with Gasteiger partial charge in [-0.2, -0.15) is 26.3 Å². The molecule has 0 saturated heterocycles. The third kappa shape index (κ3) is 6.45. The van der Waals surface area contributed by atoms with Crippen molar-refractivity contribution in [2.75, 3.05) is 20.2 Å². The summed E-state index contributed by atoms with van der Waals surface area (Å²) < 4.78 is 92.4. The van der Waals surface area contributed by atoms with Crippen molar-refractivity contribution in [3.8, 4) is 0 Å². The number of amides is 2. The molecule has 0 aromatic heterocycles. The summed E-state index contributed by atoms with van der Waals surface area (Å²) in [5.74, 6) is -2.79. The molecule has 2 amide bonds. The number of carbonyl (C=O) groups is 2. The number of ether oxygens (including phenoxy) is 2. The summed E-state index contributed by atoms with van der Waals surface area (Å²) in [4.78, 5) is 27.6. The Kier molecular flexibility index (Phi) is 8.74. The molecule has 0 aliphatic carbocycles. The predicted octanol–water partition coefficient (Wildman–Crippen LogP) is 4.43. The van der Waals surface area contributed by atoms with E-state index in [0.717, 1.165) is 4.90 Å². The van der Waals surface area contributed by atoms with Crippen LogP contribution in [0.3, 0.4) is 0 Å². The Morgan fingerprint density at radius 2 is 1.63 bits per heavy atom. The first-order valence-corrected chi connectivity index (χ1v) is 11.6. The molecule has 2 aromatic rings. The van der Waals surface area contributed by atoms with E-state index < -0.39 is 65.3 Å². The average molecular weight is 547 g/mol. The summed E-state index contributed by atoms with van der Waals surface area (Å²) >= 11 is 0. The van der Waals surface area contributed by atoms with Crippen molar-refractivity contribution in [3.63, 3.8) is 0 Å². The van der Waals surface area contributed by atoms with Crippen molar-refractivity contribution in [3.05, 3.63) is 70.3 Å². The van der Waals surface area contributed by atoms with Gasteiger partial charge in [0.25, 0.3) is 5.91 Å². The predicted molar refractivity (Wildman–Crippen MR) is 124 cm³/mol. The van der Waals surface area contributed by atoms with Crippen molar-refractivity contribution in [2.45, 2.75) is 50.7 Å². The van der Waals surface area contributed by atoms with Crippen molar-refractivity contribution in [1.82, 2.24) is 10.2 Å². The number of benzene rings is 2. The molecular formula is C25H27F6N3O4. The van der Waals surface area contributed by atoms with E-state index in [4.69, 9.17) is 15.2 Å². The maximum Gasteiger partial charge on any atom is 0.416 e. The second-order valence-electron chi connectivity index (χ2n) is 8.78. The highest BCUT2D eigenvalue weighted by Crippen LogP contribution is 2.45. The number of halogens is 6. The van der Waals surface area contributed by atoms with Crippen LogP contribution in [0.1, 0.15) is 58.4 Å². The van der Waals surface area contributed by atoms with Crippen LogP contribution in [0.4, 0.5) is 26.3 Å². The zero-order valence-electron chi connectivity index (χ0n) is 20.7. The maximum atomic E-state index is 13.6. The summed E-state index contributed by atoms with van der Waals surface area (Å²) in [6.45, 7) is 3.45. The minimum atomic E-state index is -5.11. The molecular weight excluding hydrogens is 520 g/mol. The lowest BCUT2D eigenvalue weighted by Crippen LogP contribution is -2.48. The minimum Gasteiger partial charge on any atom is -0.352 e. The van der Waals surface area contributed by atoms with E-state index in [1.54, 1.807) is 6.92 Å². The summed E-state index contributed by atoms with van der Waals surface area (Å²) in [6, 6.07) is 5.49. The SMILES string of the molecule is CC(NC(=O)C1c2ccccc2C(=O)N(C)C1c1cc(C(F)(F)F)cc(C(F)(F)F)c1)OC(C)OCCN. The normalized spacial score (nSPS) is 19.6. The van der Waals surface area contributed by atoms with Gasteiger partial charge in [0.2, 0.25) is 5.91 Å². The highest BCUT2D eigenvalue weighted by atomic mass is 19.4. The van der Waals surface area contributed by atoms with Crippen LogP contribution in [0.2, 0.25) is 0 Å². The molecule has 0 radical (unpaired) electrons. The molecule has 3 N–H and O–H groups in total. The second kappa shape index (κ2) is 11.3. The van der Waals surface area contributed by atoms with E-state index in [-0.39, 0.29) is 30.3 Å². The lowest BCUT2D eigenvalue weighted by atomic mass is 9.78. The topological polar surface area (TPSA) is 93.9 Å². The van der Waals surface area contributed by atoms with Crippen LogP contribution in [0.25, 0.3) is 0 Å². The van der Waals surface area contributed by atoms with Gasteiger partial charge in [0.15, 0.2) is 6.29 Å². The van der Waals surface area contributed by atoms with Gasteiger partial charge in [-0.3, -0.25) is 9.59 Å². The number of fused-ring (bicyclic) bond motifs is 1. The summed E-state index contributed by atoms with van der Waals surface area (Å²) in [5.41, 5.74) is 2.03. The van der Waals surface area contributed by atoms with Crippen LogP contribution in [-0.4, -0.2) is 49.4 Å². The Balaban J connectivity index is 2.10. The molecule has 13 heteroatoms. The Morgan fingerprint density at radius 3 is 2.18 bits per heavy atom. The van der Waals surface area contributed by atoms with Gasteiger partial charge in [0.1, 0.15) is 6.23 Å². The fourth-order valence-electron chi connectivity index (χ4n) is 4.41. The molecule has 7 nitrogen and oxygen atoms in total. The highest BCUT2D eigenvalue weighted by molar-refractivity contribution is 6.01. The van der Waals surface area contributed by atoms with Crippen molar-refractivity contribution >= 4 is 11.8 Å². The van der Waals surface area contributed by atoms with Crippen LogP contribution in [0.15, 0.2) is 42.5 Å². The van der Waals surface area contributed by atoms with Gasteiger partial charge >= 0.3 is 12.4 Å². The molecule has 208 valence electrons. The number of hydrogen-bond donors (Lipinski definition) is 2. The third-order valence-corrected chi connectivity index (χ3v) is 6.03. The lowest BCUT2D eigenvalue weighted by Gasteiger charge is -2.40. The first kappa shape index (κ1) is 29.4. The molecule has 4 unspecified atom stereocenters. The van der Waals surface area contributed by atoms with E-state index in [1.807, 2.05) is 0 Å². The van der Waals surface area contributed by atoms with Gasteiger partial charge in [0, 0.05) is 19.2 Å². The summed E-state index contributed by atoms with van der Waals surface area (Å²) in [6.07, 6.45) is -11.9. The van der Waals surface area contributed by atoms with E-state index >= 15 is 0 Å². The van der Waals surface area contributed by atoms with E-state index in [2.05, 4.69) is 5.32 Å². The molecule has 1 heterocycles. The Hall–Kier alpha value is -3.16. The Bertz CT molecular complexity index is 1140. The van der Waals surface area contributed by atoms with Crippen molar-refractivity contribution in [1.29, 1.82) is 0 Å². The molecule has 0 saturated carbocycles. The highest BCUT2D eigenvalue weighted by Gasteiger charge is 2.45. The summed E-state index contributed by atoms with van der Waals surface area (Å²) in [5, 5.41) is 2.57. The molecule has 1 aliphatic rings. The van der Waals surface area contributed by atoms with Gasteiger partial charge in [-0.15, -0.1) is 0 Å². The number of hydrogen-bond acceptors (Lipinski definition) is 5. The Labute approximate surface area is 214 Å².